The maximum Gasteiger partial charge on any atom is 0.236 e. The normalized spacial score (nSPS) is 11.0. The maximum absolute atomic E-state index is 11.5. The van der Waals surface area contributed by atoms with Crippen molar-refractivity contribution in [3.8, 4) is 0 Å². The third kappa shape index (κ3) is 3.44. The molecule has 0 spiro atoms. The average Bonchev–Trinajstić information content (AvgIpc) is 2.12. The van der Waals surface area contributed by atoms with E-state index in [0.717, 1.165) is 12.8 Å². The number of rotatable bonds is 5. The molecule has 76 valence electrons. The maximum atomic E-state index is 11.5. The molecule has 0 atom stereocenters. The quantitative estimate of drug-likeness (QED) is 0.653. The Bertz CT molecular complexity index is 198. The SMILES string of the molecule is CCC(C)(CC)C(=O)NCC(N)=O. The summed E-state index contributed by atoms with van der Waals surface area (Å²) in [5, 5.41) is 2.51. The van der Waals surface area contributed by atoms with Crippen molar-refractivity contribution >= 4 is 11.8 Å². The van der Waals surface area contributed by atoms with Crippen LogP contribution < -0.4 is 11.1 Å². The summed E-state index contributed by atoms with van der Waals surface area (Å²) < 4.78 is 0. The highest BCUT2D eigenvalue weighted by molar-refractivity contribution is 5.86. The number of primary amides is 1. The van der Waals surface area contributed by atoms with Crippen LogP contribution in [0, 0.1) is 5.41 Å². The second-order valence-electron chi connectivity index (χ2n) is 3.42. The minimum absolute atomic E-state index is 0.0750. The van der Waals surface area contributed by atoms with E-state index in [1.54, 1.807) is 0 Å². The number of amides is 2. The lowest BCUT2D eigenvalue weighted by molar-refractivity contribution is -0.132. The Morgan fingerprint density at radius 3 is 2.08 bits per heavy atom. The molecule has 0 heterocycles. The molecule has 0 rings (SSSR count). The molecule has 0 aliphatic carbocycles. The van der Waals surface area contributed by atoms with Gasteiger partial charge in [0.15, 0.2) is 0 Å². The van der Waals surface area contributed by atoms with Gasteiger partial charge < -0.3 is 11.1 Å². The third-order valence-electron chi connectivity index (χ3n) is 2.53. The van der Waals surface area contributed by atoms with E-state index in [4.69, 9.17) is 5.73 Å². The lowest BCUT2D eigenvalue weighted by Crippen LogP contribution is -2.42. The van der Waals surface area contributed by atoms with Crippen molar-refractivity contribution < 1.29 is 9.59 Å². The van der Waals surface area contributed by atoms with E-state index in [9.17, 15) is 9.59 Å². The van der Waals surface area contributed by atoms with Crippen LogP contribution in [0.5, 0.6) is 0 Å². The molecule has 0 bridgehead atoms. The molecule has 2 amide bonds. The third-order valence-corrected chi connectivity index (χ3v) is 2.53. The standard InChI is InChI=1S/C9H18N2O2/c1-4-9(3,5-2)8(13)11-6-7(10)12/h4-6H2,1-3H3,(H2,10,12)(H,11,13). The summed E-state index contributed by atoms with van der Waals surface area (Å²) in [6.45, 7) is 5.71. The van der Waals surface area contributed by atoms with Gasteiger partial charge in [0.1, 0.15) is 0 Å². The van der Waals surface area contributed by atoms with Gasteiger partial charge in [0.05, 0.1) is 6.54 Å². The topological polar surface area (TPSA) is 72.2 Å². The molecule has 0 aromatic rings. The minimum Gasteiger partial charge on any atom is -0.368 e. The van der Waals surface area contributed by atoms with Crippen LogP contribution in [0.15, 0.2) is 0 Å². The zero-order chi connectivity index (χ0) is 10.5. The van der Waals surface area contributed by atoms with Crippen LogP contribution in [0.1, 0.15) is 33.6 Å². The highest BCUT2D eigenvalue weighted by atomic mass is 16.2. The number of hydrogen-bond acceptors (Lipinski definition) is 2. The van der Waals surface area contributed by atoms with Crippen LogP contribution in [0.4, 0.5) is 0 Å². The second-order valence-corrected chi connectivity index (χ2v) is 3.42. The Morgan fingerprint density at radius 2 is 1.77 bits per heavy atom. The number of carbonyl (C=O) groups excluding carboxylic acids is 2. The van der Waals surface area contributed by atoms with Crippen molar-refractivity contribution in [1.29, 1.82) is 0 Å². The second kappa shape index (κ2) is 4.84. The minimum atomic E-state index is -0.511. The summed E-state index contributed by atoms with van der Waals surface area (Å²) in [5.41, 5.74) is 4.53. The van der Waals surface area contributed by atoms with Crippen LogP contribution in [-0.4, -0.2) is 18.4 Å². The lowest BCUT2D eigenvalue weighted by atomic mass is 9.84. The van der Waals surface area contributed by atoms with Gasteiger partial charge in [0.25, 0.3) is 0 Å². The number of carbonyl (C=O) groups is 2. The van der Waals surface area contributed by atoms with E-state index in [0.29, 0.717) is 0 Å². The smallest absolute Gasteiger partial charge is 0.236 e. The fourth-order valence-corrected chi connectivity index (χ4v) is 0.952. The Hall–Kier alpha value is -1.06. The highest BCUT2D eigenvalue weighted by Gasteiger charge is 2.28. The zero-order valence-electron chi connectivity index (χ0n) is 8.52. The molecule has 0 aliphatic rings. The van der Waals surface area contributed by atoms with Gasteiger partial charge in [-0.25, -0.2) is 0 Å². The Labute approximate surface area is 78.9 Å². The average molecular weight is 186 g/mol. The largest absolute Gasteiger partial charge is 0.368 e. The van der Waals surface area contributed by atoms with Gasteiger partial charge in [0.2, 0.25) is 11.8 Å². The monoisotopic (exact) mass is 186 g/mol. The van der Waals surface area contributed by atoms with Crippen LogP contribution >= 0.6 is 0 Å². The van der Waals surface area contributed by atoms with Crippen LogP contribution in [0.3, 0.4) is 0 Å². The van der Waals surface area contributed by atoms with Crippen molar-refractivity contribution in [2.75, 3.05) is 6.54 Å². The molecule has 0 unspecified atom stereocenters. The first-order chi connectivity index (χ1) is 5.96. The summed E-state index contributed by atoms with van der Waals surface area (Å²) in [5.74, 6) is -0.612. The summed E-state index contributed by atoms with van der Waals surface area (Å²) in [4.78, 5) is 21.9. The van der Waals surface area contributed by atoms with Gasteiger partial charge in [-0.3, -0.25) is 9.59 Å². The van der Waals surface area contributed by atoms with Gasteiger partial charge in [0, 0.05) is 5.41 Å². The summed E-state index contributed by atoms with van der Waals surface area (Å²) in [6.07, 6.45) is 1.52. The summed E-state index contributed by atoms with van der Waals surface area (Å²) >= 11 is 0. The van der Waals surface area contributed by atoms with Crippen molar-refractivity contribution in [1.82, 2.24) is 5.32 Å². The predicted molar refractivity (Wildman–Crippen MR) is 50.9 cm³/mol. The van der Waals surface area contributed by atoms with Crippen LogP contribution in [0.25, 0.3) is 0 Å². The molecule has 0 saturated carbocycles. The molecular weight excluding hydrogens is 168 g/mol. The van der Waals surface area contributed by atoms with E-state index < -0.39 is 5.91 Å². The predicted octanol–water partition coefficient (Wildman–Crippen LogP) is 0.414. The van der Waals surface area contributed by atoms with Gasteiger partial charge in [-0.2, -0.15) is 0 Å². The van der Waals surface area contributed by atoms with E-state index in [1.807, 2.05) is 20.8 Å². The van der Waals surface area contributed by atoms with E-state index in [-0.39, 0.29) is 17.9 Å². The van der Waals surface area contributed by atoms with Gasteiger partial charge in [-0.15, -0.1) is 0 Å². The van der Waals surface area contributed by atoms with E-state index in [2.05, 4.69) is 5.32 Å². The number of nitrogens with two attached hydrogens (primary N) is 1. The van der Waals surface area contributed by atoms with Crippen molar-refractivity contribution in [3.05, 3.63) is 0 Å². The Kier molecular flexibility index (Phi) is 4.45. The molecule has 13 heavy (non-hydrogen) atoms. The summed E-state index contributed by atoms with van der Waals surface area (Å²) in [6, 6.07) is 0. The van der Waals surface area contributed by atoms with Crippen LogP contribution in [-0.2, 0) is 9.59 Å². The molecule has 4 nitrogen and oxygen atoms in total. The molecule has 0 radical (unpaired) electrons. The first-order valence-electron chi connectivity index (χ1n) is 4.53. The van der Waals surface area contributed by atoms with Crippen molar-refractivity contribution in [2.24, 2.45) is 11.1 Å². The van der Waals surface area contributed by atoms with Gasteiger partial charge in [-0.1, -0.05) is 20.8 Å². The van der Waals surface area contributed by atoms with Crippen molar-refractivity contribution in [3.63, 3.8) is 0 Å². The number of hydrogen-bond donors (Lipinski definition) is 2. The molecule has 0 fully saturated rings. The van der Waals surface area contributed by atoms with Gasteiger partial charge >= 0.3 is 0 Å². The molecule has 4 heteroatoms. The molecule has 0 aromatic heterocycles. The zero-order valence-corrected chi connectivity index (χ0v) is 8.52. The molecular formula is C9H18N2O2. The van der Waals surface area contributed by atoms with Gasteiger partial charge in [-0.05, 0) is 12.8 Å². The summed E-state index contributed by atoms with van der Waals surface area (Å²) in [7, 11) is 0. The first kappa shape index (κ1) is 11.9. The molecule has 3 N–H and O–H groups in total. The molecule has 0 aliphatic heterocycles. The fraction of sp³-hybridized carbons (Fsp3) is 0.778. The Balaban J connectivity index is 4.15. The lowest BCUT2D eigenvalue weighted by Gasteiger charge is -2.24. The first-order valence-corrected chi connectivity index (χ1v) is 4.53. The number of nitrogens with one attached hydrogen (secondary N) is 1. The fourth-order valence-electron chi connectivity index (χ4n) is 0.952. The van der Waals surface area contributed by atoms with Crippen molar-refractivity contribution in [2.45, 2.75) is 33.6 Å². The molecule has 0 saturated heterocycles. The van der Waals surface area contributed by atoms with E-state index >= 15 is 0 Å². The van der Waals surface area contributed by atoms with Crippen LogP contribution in [0.2, 0.25) is 0 Å². The Morgan fingerprint density at radius 1 is 1.31 bits per heavy atom. The highest BCUT2D eigenvalue weighted by Crippen LogP contribution is 2.24. The van der Waals surface area contributed by atoms with E-state index in [1.165, 1.54) is 0 Å². The molecule has 0 aromatic carbocycles.